The highest BCUT2D eigenvalue weighted by Crippen LogP contribution is 2.31. The molecule has 92 valence electrons. The molecule has 2 heterocycles. The molecule has 0 saturated heterocycles. The van der Waals surface area contributed by atoms with Crippen LogP contribution < -0.4 is 0 Å². The lowest BCUT2D eigenvalue weighted by Crippen LogP contribution is -2.29. The first kappa shape index (κ1) is 11.4. The monoisotopic (exact) mass is 259 g/mol. The van der Waals surface area contributed by atoms with E-state index < -0.39 is 6.23 Å². The lowest BCUT2D eigenvalue weighted by Gasteiger charge is -2.20. The fourth-order valence-corrected chi connectivity index (χ4v) is 2.96. The highest BCUT2D eigenvalue weighted by atomic mass is 32.1. The summed E-state index contributed by atoms with van der Waals surface area (Å²) in [6.45, 7) is 0.551. The summed E-state index contributed by atoms with van der Waals surface area (Å²) in [6.07, 6.45) is -0.0114. The van der Waals surface area contributed by atoms with Crippen LogP contribution in [-0.4, -0.2) is 22.5 Å². The first-order chi connectivity index (χ1) is 8.77. The number of carbonyl (C=O) groups excluding carboxylic acids is 1. The second kappa shape index (κ2) is 4.55. The second-order valence-corrected chi connectivity index (χ2v) is 5.32. The van der Waals surface area contributed by atoms with Crippen LogP contribution in [-0.2, 0) is 6.42 Å². The standard InChI is InChI=1S/C14H13NO2S/c16-13-11-5-1-2-6-12(11)14(17)15(13)8-7-10-4-3-9-18-10/h1-6,9,13,16H,7-8H2. The van der Waals surface area contributed by atoms with E-state index in [0.717, 1.165) is 6.42 Å². The third kappa shape index (κ3) is 1.83. The Morgan fingerprint density at radius 2 is 2.06 bits per heavy atom. The van der Waals surface area contributed by atoms with E-state index in [2.05, 4.69) is 0 Å². The number of thiophene rings is 1. The van der Waals surface area contributed by atoms with Crippen molar-refractivity contribution >= 4 is 17.2 Å². The van der Waals surface area contributed by atoms with Crippen LogP contribution in [0.4, 0.5) is 0 Å². The van der Waals surface area contributed by atoms with Gasteiger partial charge in [-0.3, -0.25) is 4.79 Å². The Morgan fingerprint density at radius 3 is 2.78 bits per heavy atom. The van der Waals surface area contributed by atoms with Crippen LogP contribution in [0.25, 0.3) is 0 Å². The van der Waals surface area contributed by atoms with E-state index in [0.29, 0.717) is 17.7 Å². The number of nitrogens with zero attached hydrogens (tertiary/aromatic N) is 1. The fourth-order valence-electron chi connectivity index (χ4n) is 2.26. The van der Waals surface area contributed by atoms with E-state index in [1.165, 1.54) is 9.78 Å². The molecule has 0 spiro atoms. The number of fused-ring (bicyclic) bond motifs is 1. The molecule has 18 heavy (non-hydrogen) atoms. The number of hydrogen-bond acceptors (Lipinski definition) is 3. The molecule has 0 fully saturated rings. The fraction of sp³-hybridized carbons (Fsp3) is 0.214. The SMILES string of the molecule is O=C1c2ccccc2C(O)N1CCc1cccs1. The van der Waals surface area contributed by atoms with E-state index >= 15 is 0 Å². The van der Waals surface area contributed by atoms with E-state index in [-0.39, 0.29) is 5.91 Å². The first-order valence-electron chi connectivity index (χ1n) is 5.88. The third-order valence-corrected chi connectivity index (χ3v) is 4.14. The molecule has 1 unspecified atom stereocenters. The quantitative estimate of drug-likeness (QED) is 0.919. The minimum Gasteiger partial charge on any atom is -0.369 e. The Kier molecular flexibility index (Phi) is 2.89. The van der Waals surface area contributed by atoms with Crippen molar-refractivity contribution in [3.8, 4) is 0 Å². The number of rotatable bonds is 3. The maximum absolute atomic E-state index is 12.1. The zero-order valence-electron chi connectivity index (χ0n) is 9.74. The molecule has 1 aliphatic rings. The van der Waals surface area contributed by atoms with Gasteiger partial charge in [0.2, 0.25) is 0 Å². The summed E-state index contributed by atoms with van der Waals surface area (Å²) in [5.41, 5.74) is 1.34. The maximum atomic E-state index is 12.1. The summed E-state index contributed by atoms with van der Waals surface area (Å²) < 4.78 is 0. The Morgan fingerprint density at radius 1 is 1.22 bits per heavy atom. The molecule has 0 radical (unpaired) electrons. The number of benzene rings is 1. The summed E-state index contributed by atoms with van der Waals surface area (Å²) in [5, 5.41) is 12.2. The van der Waals surface area contributed by atoms with Crippen molar-refractivity contribution in [3.05, 3.63) is 57.8 Å². The molecule has 1 atom stereocenters. The molecule has 0 aliphatic carbocycles. The molecular weight excluding hydrogens is 246 g/mol. The van der Waals surface area contributed by atoms with Gasteiger partial charge in [-0.05, 0) is 23.9 Å². The van der Waals surface area contributed by atoms with Crippen LogP contribution in [0.5, 0.6) is 0 Å². The van der Waals surface area contributed by atoms with Crippen LogP contribution in [0.3, 0.4) is 0 Å². The summed E-state index contributed by atoms with van der Waals surface area (Å²) >= 11 is 1.67. The highest BCUT2D eigenvalue weighted by molar-refractivity contribution is 7.09. The van der Waals surface area contributed by atoms with Crippen molar-refractivity contribution in [3.63, 3.8) is 0 Å². The zero-order chi connectivity index (χ0) is 12.5. The van der Waals surface area contributed by atoms with Gasteiger partial charge in [0.25, 0.3) is 5.91 Å². The Balaban J connectivity index is 1.77. The van der Waals surface area contributed by atoms with Crippen LogP contribution in [0.15, 0.2) is 41.8 Å². The van der Waals surface area contributed by atoms with E-state index in [1.807, 2.05) is 35.7 Å². The van der Waals surface area contributed by atoms with Crippen molar-refractivity contribution in [2.24, 2.45) is 0 Å². The number of aliphatic hydroxyl groups is 1. The zero-order valence-corrected chi connectivity index (χ0v) is 10.6. The van der Waals surface area contributed by atoms with Crippen LogP contribution in [0.1, 0.15) is 27.0 Å². The van der Waals surface area contributed by atoms with Gasteiger partial charge in [-0.25, -0.2) is 0 Å². The lowest BCUT2D eigenvalue weighted by molar-refractivity contribution is 0.0183. The van der Waals surface area contributed by atoms with Crippen LogP contribution in [0.2, 0.25) is 0 Å². The molecule has 3 nitrogen and oxygen atoms in total. The second-order valence-electron chi connectivity index (χ2n) is 4.29. The Labute approximate surface area is 109 Å². The number of carbonyl (C=O) groups is 1. The molecule has 1 N–H and O–H groups in total. The third-order valence-electron chi connectivity index (χ3n) is 3.20. The van der Waals surface area contributed by atoms with Gasteiger partial charge in [-0.2, -0.15) is 0 Å². The van der Waals surface area contributed by atoms with Gasteiger partial charge in [0, 0.05) is 22.5 Å². The van der Waals surface area contributed by atoms with Crippen molar-refractivity contribution < 1.29 is 9.90 Å². The minimum atomic E-state index is -0.798. The molecule has 1 amide bonds. The molecule has 4 heteroatoms. The topological polar surface area (TPSA) is 40.5 Å². The summed E-state index contributed by atoms with van der Waals surface area (Å²) in [4.78, 5) is 14.9. The molecule has 3 rings (SSSR count). The van der Waals surface area contributed by atoms with Gasteiger partial charge in [0.1, 0.15) is 0 Å². The highest BCUT2D eigenvalue weighted by Gasteiger charge is 2.34. The smallest absolute Gasteiger partial charge is 0.256 e. The maximum Gasteiger partial charge on any atom is 0.256 e. The van der Waals surface area contributed by atoms with E-state index in [4.69, 9.17) is 0 Å². The lowest BCUT2D eigenvalue weighted by atomic mass is 10.1. The van der Waals surface area contributed by atoms with Gasteiger partial charge < -0.3 is 10.0 Å². The minimum absolute atomic E-state index is 0.0744. The molecule has 0 bridgehead atoms. The van der Waals surface area contributed by atoms with Gasteiger partial charge in [0.05, 0.1) is 0 Å². The predicted molar refractivity (Wildman–Crippen MR) is 70.5 cm³/mol. The van der Waals surface area contributed by atoms with Crippen molar-refractivity contribution in [2.45, 2.75) is 12.6 Å². The van der Waals surface area contributed by atoms with E-state index in [9.17, 15) is 9.90 Å². The van der Waals surface area contributed by atoms with E-state index in [1.54, 1.807) is 17.4 Å². The molecular formula is C14H13NO2S. The normalized spacial score (nSPS) is 18.2. The number of amides is 1. The average molecular weight is 259 g/mol. The predicted octanol–water partition coefficient (Wildman–Crippen LogP) is 2.44. The summed E-state index contributed by atoms with van der Waals surface area (Å²) in [5.74, 6) is -0.0744. The van der Waals surface area contributed by atoms with Gasteiger partial charge in [-0.1, -0.05) is 24.3 Å². The largest absolute Gasteiger partial charge is 0.369 e. The molecule has 1 aromatic heterocycles. The van der Waals surface area contributed by atoms with Crippen LogP contribution in [0, 0.1) is 0 Å². The number of aliphatic hydroxyl groups excluding tert-OH is 1. The molecule has 1 aliphatic heterocycles. The first-order valence-corrected chi connectivity index (χ1v) is 6.75. The molecule has 2 aromatic rings. The summed E-state index contributed by atoms with van der Waals surface area (Å²) in [7, 11) is 0. The summed E-state index contributed by atoms with van der Waals surface area (Å²) in [6, 6.07) is 11.3. The average Bonchev–Trinajstić information content (AvgIpc) is 2.98. The van der Waals surface area contributed by atoms with Gasteiger partial charge in [0.15, 0.2) is 6.23 Å². The van der Waals surface area contributed by atoms with Crippen molar-refractivity contribution in [2.75, 3.05) is 6.54 Å². The molecule has 1 aromatic carbocycles. The molecule has 0 saturated carbocycles. The van der Waals surface area contributed by atoms with Crippen molar-refractivity contribution in [1.29, 1.82) is 0 Å². The van der Waals surface area contributed by atoms with Crippen molar-refractivity contribution in [1.82, 2.24) is 4.90 Å². The Hall–Kier alpha value is -1.65. The Bertz CT molecular complexity index is 565. The number of hydrogen-bond donors (Lipinski definition) is 1. The van der Waals surface area contributed by atoms with Crippen LogP contribution >= 0.6 is 11.3 Å². The van der Waals surface area contributed by atoms with Gasteiger partial charge >= 0.3 is 0 Å². The van der Waals surface area contributed by atoms with Gasteiger partial charge in [-0.15, -0.1) is 11.3 Å².